The molecule has 0 unspecified atom stereocenters. The summed E-state index contributed by atoms with van der Waals surface area (Å²) in [5, 5.41) is 19.9. The van der Waals surface area contributed by atoms with E-state index in [4.69, 9.17) is 19.7 Å². The van der Waals surface area contributed by atoms with Crippen LogP contribution >= 0.6 is 0 Å². The summed E-state index contributed by atoms with van der Waals surface area (Å²) in [7, 11) is 0. The van der Waals surface area contributed by atoms with Crippen molar-refractivity contribution >= 4 is 16.3 Å². The predicted octanol–water partition coefficient (Wildman–Crippen LogP) is 4.40. The van der Waals surface area contributed by atoms with Crippen molar-refractivity contribution in [2.24, 2.45) is 0 Å². The minimum absolute atomic E-state index is 0.0247. The first-order valence-corrected chi connectivity index (χ1v) is 8.54. The average Bonchev–Trinajstić information content (AvgIpc) is 2.67. The van der Waals surface area contributed by atoms with Crippen molar-refractivity contribution in [3.05, 3.63) is 72.3 Å². The number of hydrogen-bond donors (Lipinski definition) is 2. The van der Waals surface area contributed by atoms with Gasteiger partial charge in [0.1, 0.15) is 23.9 Å². The van der Waals surface area contributed by atoms with Gasteiger partial charge in [0.05, 0.1) is 13.2 Å². The molecule has 0 aliphatic heterocycles. The van der Waals surface area contributed by atoms with Crippen LogP contribution < -0.4 is 9.47 Å². The van der Waals surface area contributed by atoms with Crippen LogP contribution in [0.2, 0.25) is 0 Å². The molecule has 0 fully saturated rings. The van der Waals surface area contributed by atoms with Gasteiger partial charge < -0.3 is 19.7 Å². The molecular weight excluding hydrogens is 328 g/mol. The Morgan fingerprint density at radius 2 is 1.54 bits per heavy atom. The third-order valence-corrected chi connectivity index (χ3v) is 4.13. The number of benzene rings is 3. The Balaban J connectivity index is 1.88. The van der Waals surface area contributed by atoms with E-state index in [-0.39, 0.29) is 19.8 Å². The van der Waals surface area contributed by atoms with Crippen molar-refractivity contribution in [2.75, 3.05) is 19.8 Å². The van der Waals surface area contributed by atoms with E-state index in [2.05, 4.69) is 0 Å². The number of fused-ring (bicyclic) bond motifs is 1. The van der Waals surface area contributed by atoms with Crippen molar-refractivity contribution < 1.29 is 19.7 Å². The van der Waals surface area contributed by atoms with Gasteiger partial charge >= 0.3 is 0 Å². The van der Waals surface area contributed by atoms with Gasteiger partial charge in [-0.2, -0.15) is 0 Å². The van der Waals surface area contributed by atoms with Gasteiger partial charge in [-0.3, -0.25) is 0 Å². The molecule has 0 saturated carbocycles. The fourth-order valence-electron chi connectivity index (χ4n) is 2.79. The van der Waals surface area contributed by atoms with Crippen molar-refractivity contribution in [1.82, 2.24) is 0 Å². The Morgan fingerprint density at radius 1 is 0.885 bits per heavy atom. The second kappa shape index (κ2) is 8.52. The average molecular weight is 350 g/mol. The number of rotatable bonds is 7. The largest absolute Gasteiger partial charge is 0.491 e. The van der Waals surface area contributed by atoms with Gasteiger partial charge in [0.25, 0.3) is 0 Å². The number of aliphatic hydroxyl groups excluding tert-OH is 2. The van der Waals surface area contributed by atoms with Crippen LogP contribution in [0, 0.1) is 0 Å². The maximum atomic E-state index is 9.00. The molecule has 0 radical (unpaired) electrons. The van der Waals surface area contributed by atoms with Crippen LogP contribution in [-0.2, 0) is 0 Å². The number of hydrogen-bond acceptors (Lipinski definition) is 4. The SMILES string of the molecule is CC(=CCO)c1ccc(Oc2cccc3c(OCCO)cccc23)cc1. The first kappa shape index (κ1) is 18.0. The van der Waals surface area contributed by atoms with E-state index in [1.165, 1.54) is 0 Å². The van der Waals surface area contributed by atoms with E-state index in [1.54, 1.807) is 6.08 Å². The highest BCUT2D eigenvalue weighted by Crippen LogP contribution is 2.34. The van der Waals surface area contributed by atoms with Gasteiger partial charge in [-0.25, -0.2) is 0 Å². The summed E-state index contributed by atoms with van der Waals surface area (Å²) < 4.78 is 11.7. The molecule has 0 heterocycles. The molecule has 0 aliphatic carbocycles. The summed E-state index contributed by atoms with van der Waals surface area (Å²) >= 11 is 0. The normalized spacial score (nSPS) is 11.6. The van der Waals surface area contributed by atoms with E-state index in [0.29, 0.717) is 0 Å². The van der Waals surface area contributed by atoms with Crippen molar-refractivity contribution in [3.8, 4) is 17.2 Å². The molecule has 26 heavy (non-hydrogen) atoms. The summed E-state index contributed by atoms with van der Waals surface area (Å²) in [6.07, 6.45) is 1.77. The fourth-order valence-corrected chi connectivity index (χ4v) is 2.79. The third-order valence-electron chi connectivity index (χ3n) is 4.13. The topological polar surface area (TPSA) is 58.9 Å². The van der Waals surface area contributed by atoms with Crippen LogP contribution in [0.5, 0.6) is 17.2 Å². The van der Waals surface area contributed by atoms with E-state index in [1.807, 2.05) is 67.6 Å². The molecule has 0 atom stereocenters. The van der Waals surface area contributed by atoms with Crippen molar-refractivity contribution in [2.45, 2.75) is 6.92 Å². The second-order valence-corrected chi connectivity index (χ2v) is 5.88. The summed E-state index contributed by atoms with van der Waals surface area (Å²) in [5.41, 5.74) is 2.07. The Hall–Kier alpha value is -2.82. The molecule has 0 amide bonds. The number of ether oxygens (including phenoxy) is 2. The van der Waals surface area contributed by atoms with Gasteiger partial charge in [0.15, 0.2) is 0 Å². The van der Waals surface area contributed by atoms with Gasteiger partial charge in [0, 0.05) is 10.8 Å². The van der Waals surface area contributed by atoms with Crippen molar-refractivity contribution in [3.63, 3.8) is 0 Å². The molecule has 2 N–H and O–H groups in total. The Kier molecular flexibility index (Phi) is 5.89. The molecule has 134 valence electrons. The van der Waals surface area contributed by atoms with Crippen LogP contribution in [0.15, 0.2) is 66.7 Å². The monoisotopic (exact) mass is 350 g/mol. The molecule has 4 nitrogen and oxygen atoms in total. The standard InChI is InChI=1S/C22H22O4/c1-16(12-13-23)17-8-10-18(11-9-17)26-22-7-3-4-19-20(22)5-2-6-21(19)25-15-14-24/h2-12,23-24H,13-15H2,1H3. The Labute approximate surface area is 152 Å². The predicted molar refractivity (Wildman–Crippen MR) is 104 cm³/mol. The minimum atomic E-state index is -0.0247. The lowest BCUT2D eigenvalue weighted by atomic mass is 10.1. The van der Waals surface area contributed by atoms with Crippen LogP contribution in [-0.4, -0.2) is 30.0 Å². The van der Waals surface area contributed by atoms with Gasteiger partial charge in [-0.05, 0) is 42.3 Å². The highest BCUT2D eigenvalue weighted by Gasteiger charge is 2.08. The molecule has 3 aromatic carbocycles. The molecule has 0 aliphatic rings. The number of allylic oxidation sites excluding steroid dienone is 1. The summed E-state index contributed by atoms with van der Waals surface area (Å²) in [4.78, 5) is 0. The number of aliphatic hydroxyl groups is 2. The molecule has 3 rings (SSSR count). The van der Waals surface area contributed by atoms with Crippen LogP contribution in [0.3, 0.4) is 0 Å². The smallest absolute Gasteiger partial charge is 0.135 e. The van der Waals surface area contributed by atoms with Crippen molar-refractivity contribution in [1.29, 1.82) is 0 Å². The zero-order valence-electron chi connectivity index (χ0n) is 14.7. The summed E-state index contributed by atoms with van der Waals surface area (Å²) in [6, 6.07) is 19.4. The summed E-state index contributed by atoms with van der Waals surface area (Å²) in [6.45, 7) is 2.22. The molecular formula is C22H22O4. The van der Waals surface area contributed by atoms with Crippen LogP contribution in [0.1, 0.15) is 12.5 Å². The fraction of sp³-hybridized carbons (Fsp3) is 0.182. The third kappa shape index (κ3) is 4.04. The van der Waals surface area contributed by atoms with E-state index in [0.717, 1.165) is 39.2 Å². The summed E-state index contributed by atoms with van der Waals surface area (Å²) in [5.74, 6) is 2.20. The van der Waals surface area contributed by atoms with Gasteiger partial charge in [-0.1, -0.05) is 42.5 Å². The maximum absolute atomic E-state index is 9.00. The molecule has 0 spiro atoms. The molecule has 0 aromatic heterocycles. The lowest BCUT2D eigenvalue weighted by Crippen LogP contribution is -2.01. The zero-order chi connectivity index (χ0) is 18.4. The molecule has 4 heteroatoms. The van der Waals surface area contributed by atoms with E-state index in [9.17, 15) is 0 Å². The minimum Gasteiger partial charge on any atom is -0.491 e. The first-order chi connectivity index (χ1) is 12.7. The highest BCUT2D eigenvalue weighted by atomic mass is 16.5. The molecule has 0 saturated heterocycles. The zero-order valence-corrected chi connectivity index (χ0v) is 14.7. The lowest BCUT2D eigenvalue weighted by molar-refractivity contribution is 0.203. The van der Waals surface area contributed by atoms with Crippen LogP contribution in [0.25, 0.3) is 16.3 Å². The Bertz CT molecular complexity index is 898. The lowest BCUT2D eigenvalue weighted by Gasteiger charge is -2.12. The van der Waals surface area contributed by atoms with E-state index < -0.39 is 0 Å². The van der Waals surface area contributed by atoms with Gasteiger partial charge in [-0.15, -0.1) is 0 Å². The second-order valence-electron chi connectivity index (χ2n) is 5.88. The van der Waals surface area contributed by atoms with Crippen LogP contribution in [0.4, 0.5) is 0 Å². The quantitative estimate of drug-likeness (QED) is 0.663. The molecule has 0 bridgehead atoms. The molecule has 3 aromatic rings. The van der Waals surface area contributed by atoms with E-state index >= 15 is 0 Å². The maximum Gasteiger partial charge on any atom is 0.135 e. The van der Waals surface area contributed by atoms with Gasteiger partial charge in [0.2, 0.25) is 0 Å². The first-order valence-electron chi connectivity index (χ1n) is 8.54. The highest BCUT2D eigenvalue weighted by molar-refractivity contribution is 5.93. The Morgan fingerprint density at radius 3 is 2.19 bits per heavy atom.